The van der Waals surface area contributed by atoms with Crippen LogP contribution in [0, 0.1) is 13.8 Å². The van der Waals surface area contributed by atoms with Crippen LogP contribution >= 0.6 is 0 Å². The third-order valence-corrected chi connectivity index (χ3v) is 7.25. The van der Waals surface area contributed by atoms with Crippen LogP contribution in [0.15, 0.2) is 54.7 Å². The number of amides is 1. The van der Waals surface area contributed by atoms with Crippen LogP contribution in [0.1, 0.15) is 45.9 Å². The number of piperidine rings is 1. The lowest BCUT2D eigenvalue weighted by molar-refractivity contribution is 0.0744. The molecule has 2 fully saturated rings. The molecule has 1 N–H and O–H groups in total. The molecule has 2 aliphatic heterocycles. The fourth-order valence-electron chi connectivity index (χ4n) is 5.18. The minimum absolute atomic E-state index is 0.117. The first-order valence-corrected chi connectivity index (χ1v) is 12.1. The van der Waals surface area contributed by atoms with Gasteiger partial charge in [0.15, 0.2) is 0 Å². The van der Waals surface area contributed by atoms with Gasteiger partial charge in [0.2, 0.25) is 0 Å². The monoisotopic (exact) mass is 443 g/mol. The summed E-state index contributed by atoms with van der Waals surface area (Å²) < 4.78 is 2.00. The highest BCUT2D eigenvalue weighted by molar-refractivity contribution is 5.95. The molecule has 6 heteroatoms. The molecule has 0 spiro atoms. The van der Waals surface area contributed by atoms with Crippen LogP contribution in [-0.4, -0.2) is 59.9 Å². The predicted molar refractivity (Wildman–Crippen MR) is 132 cm³/mol. The van der Waals surface area contributed by atoms with Gasteiger partial charge in [-0.2, -0.15) is 5.10 Å². The molecule has 0 aliphatic carbocycles. The van der Waals surface area contributed by atoms with Gasteiger partial charge in [-0.3, -0.25) is 4.79 Å². The summed E-state index contributed by atoms with van der Waals surface area (Å²) in [5.41, 5.74) is 6.79. The third-order valence-electron chi connectivity index (χ3n) is 7.25. The molecule has 0 bridgehead atoms. The van der Waals surface area contributed by atoms with Gasteiger partial charge in [-0.1, -0.05) is 30.3 Å². The zero-order valence-electron chi connectivity index (χ0n) is 19.6. The minimum Gasteiger partial charge on any atom is -0.368 e. The number of benzene rings is 2. The maximum atomic E-state index is 13.7. The lowest BCUT2D eigenvalue weighted by Gasteiger charge is -2.37. The quantitative estimate of drug-likeness (QED) is 0.664. The van der Waals surface area contributed by atoms with Crippen molar-refractivity contribution in [2.24, 2.45) is 0 Å². The lowest BCUT2D eigenvalue weighted by atomic mass is 9.91. The highest BCUT2D eigenvalue weighted by Gasteiger charge is 2.31. The number of aromatic nitrogens is 2. The molecule has 172 valence electrons. The summed E-state index contributed by atoms with van der Waals surface area (Å²) in [6.07, 6.45) is 3.85. The Morgan fingerprint density at radius 2 is 1.67 bits per heavy atom. The van der Waals surface area contributed by atoms with Crippen molar-refractivity contribution in [2.75, 3.05) is 44.2 Å². The van der Waals surface area contributed by atoms with E-state index in [9.17, 15) is 4.79 Å². The van der Waals surface area contributed by atoms with Gasteiger partial charge in [0.05, 0.1) is 23.1 Å². The summed E-state index contributed by atoms with van der Waals surface area (Å²) in [5, 5.41) is 8.15. The summed E-state index contributed by atoms with van der Waals surface area (Å²) in [7, 11) is 0. The molecule has 3 aromatic rings. The van der Waals surface area contributed by atoms with Crippen molar-refractivity contribution >= 4 is 11.6 Å². The Kier molecular flexibility index (Phi) is 6.18. The zero-order valence-corrected chi connectivity index (χ0v) is 19.6. The number of aryl methyl sites for hydroxylation is 1. The zero-order chi connectivity index (χ0) is 22.8. The molecule has 0 atom stereocenters. The molecule has 3 heterocycles. The third kappa shape index (κ3) is 4.27. The van der Waals surface area contributed by atoms with E-state index in [0.717, 1.165) is 69.1 Å². The number of nitrogens with one attached hydrogen (secondary N) is 1. The van der Waals surface area contributed by atoms with E-state index in [1.165, 1.54) is 16.8 Å². The molecule has 0 unspecified atom stereocenters. The van der Waals surface area contributed by atoms with E-state index >= 15 is 0 Å². The molecule has 2 aliphatic rings. The van der Waals surface area contributed by atoms with E-state index in [4.69, 9.17) is 5.10 Å². The van der Waals surface area contributed by atoms with Gasteiger partial charge in [-0.05, 0) is 69.1 Å². The number of carbonyl (C=O) groups is 1. The van der Waals surface area contributed by atoms with Crippen LogP contribution in [-0.2, 0) is 0 Å². The molecule has 0 saturated carbocycles. The van der Waals surface area contributed by atoms with Crippen LogP contribution in [0.25, 0.3) is 5.69 Å². The fraction of sp³-hybridized carbons (Fsp3) is 0.407. The predicted octanol–water partition coefficient (Wildman–Crippen LogP) is 3.92. The number of hydrogen-bond donors (Lipinski definition) is 1. The van der Waals surface area contributed by atoms with Gasteiger partial charge in [0.1, 0.15) is 0 Å². The first kappa shape index (κ1) is 21.7. The summed E-state index contributed by atoms with van der Waals surface area (Å²) in [5.74, 6) is 0.454. The van der Waals surface area contributed by atoms with Crippen LogP contribution in [0.5, 0.6) is 0 Å². The normalized spacial score (nSPS) is 17.4. The van der Waals surface area contributed by atoms with Crippen molar-refractivity contribution in [2.45, 2.75) is 32.6 Å². The number of hydrogen-bond acceptors (Lipinski definition) is 4. The highest BCUT2D eigenvalue weighted by atomic mass is 16.2. The number of nitrogens with zero attached hydrogens (tertiary/aromatic N) is 4. The van der Waals surface area contributed by atoms with E-state index in [-0.39, 0.29) is 5.91 Å². The summed E-state index contributed by atoms with van der Waals surface area (Å²) in [4.78, 5) is 18.1. The largest absolute Gasteiger partial charge is 0.368 e. The lowest BCUT2D eigenvalue weighted by Crippen LogP contribution is -2.49. The van der Waals surface area contributed by atoms with E-state index in [1.807, 2.05) is 27.8 Å². The fourth-order valence-corrected chi connectivity index (χ4v) is 5.18. The number of piperazine rings is 1. The Balaban J connectivity index is 1.39. The second kappa shape index (κ2) is 9.40. The van der Waals surface area contributed by atoms with Crippen molar-refractivity contribution in [1.29, 1.82) is 0 Å². The Labute approximate surface area is 196 Å². The van der Waals surface area contributed by atoms with Crippen molar-refractivity contribution < 1.29 is 4.79 Å². The van der Waals surface area contributed by atoms with Gasteiger partial charge < -0.3 is 15.1 Å². The summed E-state index contributed by atoms with van der Waals surface area (Å²) in [6, 6.07) is 16.7. The van der Waals surface area contributed by atoms with Crippen LogP contribution in [0.2, 0.25) is 0 Å². The van der Waals surface area contributed by atoms with Gasteiger partial charge in [0.25, 0.3) is 5.91 Å². The molecule has 1 amide bonds. The molecule has 6 nitrogen and oxygen atoms in total. The molecule has 2 saturated heterocycles. The molecule has 33 heavy (non-hydrogen) atoms. The number of anilines is 1. The molecule has 2 aromatic carbocycles. The molecular formula is C27H33N5O. The van der Waals surface area contributed by atoms with E-state index < -0.39 is 0 Å². The summed E-state index contributed by atoms with van der Waals surface area (Å²) in [6.45, 7) is 9.47. The minimum atomic E-state index is 0.117. The maximum absolute atomic E-state index is 13.7. The van der Waals surface area contributed by atoms with E-state index in [0.29, 0.717) is 5.92 Å². The van der Waals surface area contributed by atoms with Gasteiger partial charge in [0, 0.05) is 37.8 Å². The van der Waals surface area contributed by atoms with Crippen LogP contribution in [0.4, 0.5) is 5.69 Å². The Morgan fingerprint density at radius 3 is 2.39 bits per heavy atom. The van der Waals surface area contributed by atoms with Gasteiger partial charge in [-0.15, -0.1) is 0 Å². The topological polar surface area (TPSA) is 53.4 Å². The maximum Gasteiger partial charge on any atom is 0.257 e. The average Bonchev–Trinajstić information content (AvgIpc) is 3.32. The SMILES string of the molecule is Cc1cccc(N2CCN(C(=O)c3cnn(-c4ccccc4)c3C3CCNCC3)CC2)c1C. The van der Waals surface area contributed by atoms with Crippen molar-refractivity contribution in [3.8, 4) is 5.69 Å². The summed E-state index contributed by atoms with van der Waals surface area (Å²) >= 11 is 0. The highest BCUT2D eigenvalue weighted by Crippen LogP contribution is 2.31. The van der Waals surface area contributed by atoms with Crippen molar-refractivity contribution in [3.63, 3.8) is 0 Å². The second-order valence-electron chi connectivity index (χ2n) is 9.21. The number of para-hydroxylation sites is 1. The smallest absolute Gasteiger partial charge is 0.257 e. The van der Waals surface area contributed by atoms with Crippen LogP contribution in [0.3, 0.4) is 0 Å². The Morgan fingerprint density at radius 1 is 0.939 bits per heavy atom. The molecule has 0 radical (unpaired) electrons. The van der Waals surface area contributed by atoms with Crippen molar-refractivity contribution in [1.82, 2.24) is 20.0 Å². The first-order valence-electron chi connectivity index (χ1n) is 12.1. The standard InChI is InChI=1S/C27H33N5O/c1-20-7-6-10-25(21(20)2)30-15-17-31(18-16-30)27(33)24-19-29-32(23-8-4-3-5-9-23)26(24)22-11-13-28-14-12-22/h3-10,19,22,28H,11-18H2,1-2H3. The Hall–Kier alpha value is -3.12. The van der Waals surface area contributed by atoms with Gasteiger partial charge >= 0.3 is 0 Å². The molecule has 1 aromatic heterocycles. The first-order chi connectivity index (χ1) is 16.1. The number of rotatable bonds is 4. The van der Waals surface area contributed by atoms with Crippen molar-refractivity contribution in [3.05, 3.63) is 77.1 Å². The average molecular weight is 444 g/mol. The van der Waals surface area contributed by atoms with E-state index in [2.05, 4.69) is 54.4 Å². The van der Waals surface area contributed by atoms with Crippen LogP contribution < -0.4 is 10.2 Å². The Bertz CT molecular complexity index is 1110. The second-order valence-corrected chi connectivity index (χ2v) is 9.21. The molecule has 5 rings (SSSR count). The van der Waals surface area contributed by atoms with Gasteiger partial charge in [-0.25, -0.2) is 4.68 Å². The number of carbonyl (C=O) groups excluding carboxylic acids is 1. The molecular weight excluding hydrogens is 410 g/mol. The van der Waals surface area contributed by atoms with E-state index in [1.54, 1.807) is 6.20 Å².